The molecular weight excluding hydrogens is 520 g/mol. The average molecular weight is 555 g/mol. The molecule has 0 bridgehead atoms. The van der Waals surface area contributed by atoms with Crippen LogP contribution in [0.25, 0.3) is 17.2 Å². The quantitative estimate of drug-likeness (QED) is 0.325. The second-order valence-electron chi connectivity index (χ2n) is 9.43. The monoisotopic (exact) mass is 554 g/mol. The predicted octanol–water partition coefficient (Wildman–Crippen LogP) is 1.96. The van der Waals surface area contributed by atoms with Gasteiger partial charge in [-0.1, -0.05) is 24.3 Å². The molecule has 1 fully saturated rings. The summed E-state index contributed by atoms with van der Waals surface area (Å²) in [6.45, 7) is 4.11. The van der Waals surface area contributed by atoms with Gasteiger partial charge in [-0.05, 0) is 61.2 Å². The lowest BCUT2D eigenvalue weighted by molar-refractivity contribution is -0.117. The summed E-state index contributed by atoms with van der Waals surface area (Å²) in [6.07, 6.45) is 2.00. The molecule has 0 unspecified atom stereocenters. The number of carbonyl (C=O) groups is 2. The molecule has 39 heavy (non-hydrogen) atoms. The van der Waals surface area contributed by atoms with Gasteiger partial charge < -0.3 is 26.8 Å². The van der Waals surface area contributed by atoms with E-state index in [1.165, 1.54) is 4.31 Å². The van der Waals surface area contributed by atoms with Gasteiger partial charge in [-0.15, -0.1) is 0 Å². The molecule has 0 spiro atoms. The van der Waals surface area contributed by atoms with Gasteiger partial charge >= 0.3 is 6.09 Å². The number of hydrogen-bond donors (Lipinski definition) is 4. The van der Waals surface area contributed by atoms with E-state index in [0.717, 1.165) is 16.7 Å². The molecule has 0 saturated carbocycles. The molecule has 0 atom stereocenters. The van der Waals surface area contributed by atoms with Gasteiger partial charge in [0.15, 0.2) is 0 Å². The summed E-state index contributed by atoms with van der Waals surface area (Å²) in [5.41, 5.74) is 15.1. The van der Waals surface area contributed by atoms with Gasteiger partial charge in [-0.25, -0.2) is 18.2 Å². The number of carbonyl (C=O) groups excluding carboxylic acids is 2. The van der Waals surface area contributed by atoms with Crippen molar-refractivity contribution in [3.05, 3.63) is 53.6 Å². The molecule has 2 amide bonds. The normalized spacial score (nSPS) is 15.7. The van der Waals surface area contributed by atoms with Crippen molar-refractivity contribution < 1.29 is 22.7 Å². The highest BCUT2D eigenvalue weighted by atomic mass is 32.2. The van der Waals surface area contributed by atoms with Crippen molar-refractivity contribution in [1.82, 2.24) is 14.9 Å². The minimum atomic E-state index is -3.59. The van der Waals surface area contributed by atoms with Crippen molar-refractivity contribution in [3.63, 3.8) is 0 Å². The van der Waals surface area contributed by atoms with Crippen LogP contribution >= 0.6 is 0 Å². The highest BCUT2D eigenvalue weighted by Crippen LogP contribution is 2.33. The number of amides is 2. The Balaban J connectivity index is 1.46. The van der Waals surface area contributed by atoms with Crippen molar-refractivity contribution >= 4 is 39.6 Å². The van der Waals surface area contributed by atoms with E-state index >= 15 is 0 Å². The molecule has 2 aliphatic heterocycles. The third-order valence-corrected chi connectivity index (χ3v) is 8.36. The molecule has 0 aromatic heterocycles. The highest BCUT2D eigenvalue weighted by Gasteiger charge is 2.35. The fourth-order valence-corrected chi connectivity index (χ4v) is 5.98. The number of sulfonamides is 1. The standard InChI is InChI=1S/C27H34N6O5S/c1-2-38-27(35)31-10-4-9-30-26(34)22-11-21-8-7-20(13-24(21)32-25(29)14-22)19-5-3-6-23(12-19)39(36,37)33-16-18(15-28)17-33/h3,5-8,11-13,18H,2,4,9-10,14-17,28H2,1H3,(H2,29,32)(H,30,34)(H,31,35). The number of nitrogens with two attached hydrogens (primary N) is 2. The SMILES string of the molecule is CCOC(=O)NCCCNC(=O)C1=Cc2ccc(-c3cccc(S(=O)(=O)N4CC(CN)C4)c3)cc2N=C(N)C1. The van der Waals surface area contributed by atoms with Crippen LogP contribution in [0.1, 0.15) is 25.3 Å². The van der Waals surface area contributed by atoms with Gasteiger partial charge in [-0.3, -0.25) is 4.79 Å². The van der Waals surface area contributed by atoms with E-state index in [0.29, 0.717) is 62.8 Å². The maximum absolute atomic E-state index is 13.0. The molecular formula is C27H34N6O5S. The number of benzene rings is 2. The molecule has 2 aromatic rings. The first-order valence-electron chi connectivity index (χ1n) is 12.9. The van der Waals surface area contributed by atoms with Crippen LogP contribution in [0.3, 0.4) is 0 Å². The number of fused-ring (bicyclic) bond motifs is 1. The molecule has 1 saturated heterocycles. The molecule has 0 aliphatic carbocycles. The molecule has 6 N–H and O–H groups in total. The number of hydrogen-bond acceptors (Lipinski definition) is 8. The Morgan fingerprint density at radius 2 is 1.85 bits per heavy atom. The van der Waals surface area contributed by atoms with Crippen molar-refractivity contribution in [2.75, 3.05) is 39.3 Å². The topological polar surface area (TPSA) is 169 Å². The fraction of sp³-hybridized carbons (Fsp3) is 0.370. The van der Waals surface area contributed by atoms with E-state index < -0.39 is 16.1 Å². The van der Waals surface area contributed by atoms with Crippen molar-refractivity contribution in [2.24, 2.45) is 22.4 Å². The third kappa shape index (κ3) is 6.83. The first kappa shape index (κ1) is 28.3. The Labute approximate surface area is 228 Å². The molecule has 2 aliphatic rings. The average Bonchev–Trinajstić information content (AvgIpc) is 3.05. The Hall–Kier alpha value is -3.74. The van der Waals surface area contributed by atoms with Crippen LogP contribution < -0.4 is 22.1 Å². The van der Waals surface area contributed by atoms with Gasteiger partial charge in [0, 0.05) is 43.7 Å². The van der Waals surface area contributed by atoms with E-state index in [-0.39, 0.29) is 23.1 Å². The smallest absolute Gasteiger partial charge is 0.407 e. The third-order valence-electron chi connectivity index (χ3n) is 6.53. The number of amidine groups is 1. The summed E-state index contributed by atoms with van der Waals surface area (Å²) >= 11 is 0. The number of alkyl carbamates (subject to hydrolysis) is 1. The van der Waals surface area contributed by atoms with Crippen LogP contribution in [0, 0.1) is 5.92 Å². The van der Waals surface area contributed by atoms with E-state index in [1.54, 1.807) is 31.2 Å². The first-order chi connectivity index (χ1) is 18.7. The number of rotatable bonds is 10. The molecule has 4 rings (SSSR count). The summed E-state index contributed by atoms with van der Waals surface area (Å²) in [6, 6.07) is 12.3. The summed E-state index contributed by atoms with van der Waals surface area (Å²) in [4.78, 5) is 28.8. The second kappa shape index (κ2) is 12.4. The summed E-state index contributed by atoms with van der Waals surface area (Å²) in [5.74, 6) is 0.228. The molecule has 208 valence electrons. The van der Waals surface area contributed by atoms with E-state index in [4.69, 9.17) is 16.2 Å². The maximum atomic E-state index is 13.0. The van der Waals surface area contributed by atoms with Gasteiger partial charge in [0.25, 0.3) is 0 Å². The van der Waals surface area contributed by atoms with Crippen LogP contribution in [0.15, 0.2) is 57.9 Å². The lowest BCUT2D eigenvalue weighted by atomic mass is 10.0. The van der Waals surface area contributed by atoms with E-state index in [2.05, 4.69) is 15.6 Å². The number of nitrogens with zero attached hydrogens (tertiary/aromatic N) is 2. The maximum Gasteiger partial charge on any atom is 0.407 e. The minimum absolute atomic E-state index is 0.185. The summed E-state index contributed by atoms with van der Waals surface area (Å²) < 4.78 is 32.3. The van der Waals surface area contributed by atoms with Crippen LogP contribution in [-0.4, -0.2) is 69.9 Å². The Kier molecular flexibility index (Phi) is 9.00. The van der Waals surface area contributed by atoms with E-state index in [9.17, 15) is 18.0 Å². The molecule has 11 nitrogen and oxygen atoms in total. The molecule has 0 radical (unpaired) electrons. The summed E-state index contributed by atoms with van der Waals surface area (Å²) in [7, 11) is -3.59. The van der Waals surface area contributed by atoms with Crippen molar-refractivity contribution in [2.45, 2.75) is 24.7 Å². The second-order valence-corrected chi connectivity index (χ2v) is 11.4. The number of ether oxygens (including phenoxy) is 1. The highest BCUT2D eigenvalue weighted by molar-refractivity contribution is 7.89. The van der Waals surface area contributed by atoms with Gasteiger partial charge in [0.05, 0.1) is 17.2 Å². The lowest BCUT2D eigenvalue weighted by Gasteiger charge is -2.37. The zero-order valence-electron chi connectivity index (χ0n) is 21.9. The lowest BCUT2D eigenvalue weighted by Crippen LogP contribution is -2.52. The molecule has 2 heterocycles. The Bertz CT molecular complexity index is 1400. The van der Waals surface area contributed by atoms with Crippen LogP contribution in [0.2, 0.25) is 0 Å². The Morgan fingerprint density at radius 3 is 2.59 bits per heavy atom. The van der Waals surface area contributed by atoms with Gasteiger partial charge in [0.1, 0.15) is 5.84 Å². The van der Waals surface area contributed by atoms with Crippen LogP contribution in [-0.2, 0) is 19.6 Å². The van der Waals surface area contributed by atoms with Gasteiger partial charge in [-0.2, -0.15) is 4.31 Å². The number of aliphatic imine (C=N–C) groups is 1. The zero-order chi connectivity index (χ0) is 28.0. The predicted molar refractivity (Wildman–Crippen MR) is 150 cm³/mol. The summed E-state index contributed by atoms with van der Waals surface area (Å²) in [5, 5.41) is 5.45. The van der Waals surface area contributed by atoms with Gasteiger partial charge in [0.2, 0.25) is 15.9 Å². The largest absolute Gasteiger partial charge is 0.450 e. The Morgan fingerprint density at radius 1 is 1.10 bits per heavy atom. The van der Waals surface area contributed by atoms with E-state index in [1.807, 2.05) is 24.3 Å². The number of nitrogens with one attached hydrogen (secondary N) is 2. The van der Waals surface area contributed by atoms with Crippen molar-refractivity contribution in [1.29, 1.82) is 0 Å². The minimum Gasteiger partial charge on any atom is -0.450 e. The zero-order valence-corrected chi connectivity index (χ0v) is 22.7. The van der Waals surface area contributed by atoms with Crippen molar-refractivity contribution in [3.8, 4) is 11.1 Å². The molecule has 2 aromatic carbocycles. The fourth-order valence-electron chi connectivity index (χ4n) is 4.35. The van der Waals surface area contributed by atoms with Crippen LogP contribution in [0.4, 0.5) is 10.5 Å². The first-order valence-corrected chi connectivity index (χ1v) is 14.3. The molecule has 12 heteroatoms. The van der Waals surface area contributed by atoms with Crippen LogP contribution in [0.5, 0.6) is 0 Å².